The lowest BCUT2D eigenvalue weighted by molar-refractivity contribution is 0.106. The minimum Gasteiger partial charge on any atom is -0.346 e. The third kappa shape index (κ3) is 2.97. The Balaban J connectivity index is 1.80. The summed E-state index contributed by atoms with van der Waals surface area (Å²) < 4.78 is 0. The first kappa shape index (κ1) is 14.5. The molecule has 3 N–H and O–H groups in total. The summed E-state index contributed by atoms with van der Waals surface area (Å²) in [6.07, 6.45) is 9.20. The van der Waals surface area contributed by atoms with Crippen LogP contribution in [0.2, 0.25) is 0 Å². The normalized spacial score (nSPS) is 23.0. The maximum absolute atomic E-state index is 6.01. The molecule has 4 nitrogen and oxygen atoms in total. The summed E-state index contributed by atoms with van der Waals surface area (Å²) in [4.78, 5) is 10.3. The molecule has 1 aliphatic carbocycles. The van der Waals surface area contributed by atoms with Gasteiger partial charge < -0.3 is 10.7 Å². The van der Waals surface area contributed by atoms with E-state index in [9.17, 15) is 0 Å². The minimum atomic E-state index is 0.635. The highest BCUT2D eigenvalue weighted by Gasteiger charge is 2.28. The van der Waals surface area contributed by atoms with Crippen molar-refractivity contribution >= 4 is 11.0 Å². The maximum Gasteiger partial charge on any atom is 0.137 e. The average molecular weight is 286 g/mol. The van der Waals surface area contributed by atoms with Crippen molar-refractivity contribution < 1.29 is 0 Å². The zero-order valence-electron chi connectivity index (χ0n) is 12.9. The van der Waals surface area contributed by atoms with Gasteiger partial charge in [0, 0.05) is 30.4 Å². The highest BCUT2D eigenvalue weighted by Crippen LogP contribution is 2.29. The lowest BCUT2D eigenvalue weighted by atomic mass is 9.83. The van der Waals surface area contributed by atoms with Crippen molar-refractivity contribution in [3.8, 4) is 0 Å². The lowest BCUT2D eigenvalue weighted by Crippen LogP contribution is -2.44. The predicted molar refractivity (Wildman–Crippen MR) is 87.0 cm³/mol. The van der Waals surface area contributed by atoms with Crippen LogP contribution >= 0.6 is 0 Å². The van der Waals surface area contributed by atoms with Crippen LogP contribution in [0, 0.1) is 5.92 Å². The number of nitrogens with one attached hydrogen (secondary N) is 1. The number of aromatic nitrogens is 2. The average Bonchev–Trinajstić information content (AvgIpc) is 2.95. The fraction of sp³-hybridized carbons (Fsp3) is 0.588. The number of pyridine rings is 1. The number of hydrogen-bond donors (Lipinski definition) is 2. The summed E-state index contributed by atoms with van der Waals surface area (Å²) in [6, 6.07) is 4.80. The molecule has 0 spiro atoms. The first-order chi connectivity index (χ1) is 10.3. The van der Waals surface area contributed by atoms with E-state index in [1.807, 2.05) is 12.3 Å². The highest BCUT2D eigenvalue weighted by molar-refractivity contribution is 5.79. The van der Waals surface area contributed by atoms with Gasteiger partial charge in [-0.3, -0.25) is 4.90 Å². The number of rotatable bonds is 5. The summed E-state index contributed by atoms with van der Waals surface area (Å²) in [5, 5.41) is 1.25. The Labute approximate surface area is 126 Å². The van der Waals surface area contributed by atoms with E-state index in [1.54, 1.807) is 0 Å². The fourth-order valence-electron chi connectivity index (χ4n) is 3.77. The highest BCUT2D eigenvalue weighted by atomic mass is 15.2. The van der Waals surface area contributed by atoms with E-state index in [0.29, 0.717) is 12.0 Å². The Morgan fingerprint density at radius 1 is 1.38 bits per heavy atom. The van der Waals surface area contributed by atoms with Gasteiger partial charge in [0.1, 0.15) is 5.65 Å². The van der Waals surface area contributed by atoms with Crippen LogP contribution in [-0.2, 0) is 6.54 Å². The van der Waals surface area contributed by atoms with Crippen LogP contribution in [0.1, 0.15) is 38.2 Å². The van der Waals surface area contributed by atoms with Gasteiger partial charge in [-0.1, -0.05) is 19.8 Å². The Kier molecular flexibility index (Phi) is 4.56. The number of nitrogens with two attached hydrogens (primary N) is 1. The van der Waals surface area contributed by atoms with Crippen molar-refractivity contribution in [3.05, 3.63) is 30.1 Å². The van der Waals surface area contributed by atoms with Crippen LogP contribution in [0.5, 0.6) is 0 Å². The van der Waals surface area contributed by atoms with Crippen molar-refractivity contribution in [2.45, 2.75) is 45.2 Å². The van der Waals surface area contributed by atoms with Crippen LogP contribution in [0.25, 0.3) is 11.0 Å². The quantitative estimate of drug-likeness (QED) is 0.888. The summed E-state index contributed by atoms with van der Waals surface area (Å²) in [5.74, 6) is 0.655. The van der Waals surface area contributed by atoms with Gasteiger partial charge in [0.05, 0.1) is 0 Å². The third-order valence-electron chi connectivity index (χ3n) is 4.96. The smallest absolute Gasteiger partial charge is 0.137 e. The van der Waals surface area contributed by atoms with E-state index in [4.69, 9.17) is 5.73 Å². The first-order valence-electron chi connectivity index (χ1n) is 8.18. The second-order valence-electron chi connectivity index (χ2n) is 6.12. The first-order valence-corrected chi connectivity index (χ1v) is 8.18. The maximum atomic E-state index is 6.01. The molecule has 0 aliphatic heterocycles. The van der Waals surface area contributed by atoms with Crippen LogP contribution in [0.15, 0.2) is 24.5 Å². The van der Waals surface area contributed by atoms with Crippen LogP contribution in [0.3, 0.4) is 0 Å². The van der Waals surface area contributed by atoms with Crippen molar-refractivity contribution in [2.75, 3.05) is 13.1 Å². The Morgan fingerprint density at radius 2 is 2.24 bits per heavy atom. The SMILES string of the molecule is CCN(Cc1c[nH]c2ncccc12)C1CCCCC1CN. The van der Waals surface area contributed by atoms with E-state index in [0.717, 1.165) is 25.3 Å². The second kappa shape index (κ2) is 6.58. The molecule has 0 aromatic carbocycles. The monoisotopic (exact) mass is 286 g/mol. The van der Waals surface area contributed by atoms with Gasteiger partial charge in [-0.05, 0) is 49.5 Å². The molecule has 1 aliphatic rings. The molecule has 1 fully saturated rings. The molecule has 3 rings (SSSR count). The van der Waals surface area contributed by atoms with E-state index >= 15 is 0 Å². The molecule has 0 radical (unpaired) electrons. The molecule has 0 saturated heterocycles. The topological polar surface area (TPSA) is 57.9 Å². The van der Waals surface area contributed by atoms with E-state index in [1.165, 1.54) is 36.6 Å². The summed E-state index contributed by atoms with van der Waals surface area (Å²) in [6.45, 7) is 5.14. The lowest BCUT2D eigenvalue weighted by Gasteiger charge is -2.39. The molecule has 2 atom stereocenters. The number of nitrogens with zero attached hydrogens (tertiary/aromatic N) is 2. The molecular formula is C17H26N4. The zero-order valence-corrected chi connectivity index (χ0v) is 12.9. The van der Waals surface area contributed by atoms with Crippen molar-refractivity contribution in [1.82, 2.24) is 14.9 Å². The van der Waals surface area contributed by atoms with E-state index in [2.05, 4.69) is 34.1 Å². The summed E-state index contributed by atoms with van der Waals surface area (Å²) >= 11 is 0. The molecule has 0 bridgehead atoms. The van der Waals surface area contributed by atoms with E-state index < -0.39 is 0 Å². The van der Waals surface area contributed by atoms with Crippen molar-refractivity contribution in [2.24, 2.45) is 11.7 Å². The van der Waals surface area contributed by atoms with Gasteiger partial charge in [-0.25, -0.2) is 4.98 Å². The van der Waals surface area contributed by atoms with Gasteiger partial charge >= 0.3 is 0 Å². The molecule has 2 aromatic rings. The molecule has 2 heterocycles. The van der Waals surface area contributed by atoms with E-state index in [-0.39, 0.29) is 0 Å². The molecule has 4 heteroatoms. The largest absolute Gasteiger partial charge is 0.346 e. The van der Waals surface area contributed by atoms with Gasteiger partial charge in [0.15, 0.2) is 0 Å². The van der Waals surface area contributed by atoms with Crippen LogP contribution in [0.4, 0.5) is 0 Å². The third-order valence-corrected chi connectivity index (χ3v) is 4.96. The predicted octanol–water partition coefficient (Wildman–Crippen LogP) is 2.90. The Morgan fingerprint density at radius 3 is 3.05 bits per heavy atom. The Bertz CT molecular complexity index is 577. The Hall–Kier alpha value is -1.39. The molecule has 21 heavy (non-hydrogen) atoms. The number of aromatic amines is 1. The van der Waals surface area contributed by atoms with Gasteiger partial charge in [0.2, 0.25) is 0 Å². The van der Waals surface area contributed by atoms with Gasteiger partial charge in [0.25, 0.3) is 0 Å². The molecule has 2 unspecified atom stereocenters. The van der Waals surface area contributed by atoms with Crippen LogP contribution < -0.4 is 5.73 Å². The summed E-state index contributed by atoms with van der Waals surface area (Å²) in [7, 11) is 0. The molecule has 2 aromatic heterocycles. The van der Waals surface area contributed by atoms with Gasteiger partial charge in [-0.2, -0.15) is 0 Å². The standard InChI is InChI=1S/C17H26N4/c1-2-21(16-8-4-3-6-13(16)10-18)12-14-11-20-17-15(14)7-5-9-19-17/h5,7,9,11,13,16H,2-4,6,8,10,12,18H2,1H3,(H,19,20). The second-order valence-corrected chi connectivity index (χ2v) is 6.12. The van der Waals surface area contributed by atoms with Crippen LogP contribution in [-0.4, -0.2) is 34.0 Å². The number of hydrogen-bond acceptors (Lipinski definition) is 3. The minimum absolute atomic E-state index is 0.635. The molecular weight excluding hydrogens is 260 g/mol. The molecule has 0 amide bonds. The van der Waals surface area contributed by atoms with Crippen molar-refractivity contribution in [3.63, 3.8) is 0 Å². The zero-order chi connectivity index (χ0) is 14.7. The molecule has 1 saturated carbocycles. The molecule has 114 valence electrons. The van der Waals surface area contributed by atoms with Gasteiger partial charge in [-0.15, -0.1) is 0 Å². The fourth-order valence-corrected chi connectivity index (χ4v) is 3.77. The number of fused-ring (bicyclic) bond motifs is 1. The number of H-pyrrole nitrogens is 1. The van der Waals surface area contributed by atoms with Crippen molar-refractivity contribution in [1.29, 1.82) is 0 Å². The summed E-state index contributed by atoms with van der Waals surface area (Å²) in [5.41, 5.74) is 8.34.